The number of nitrogens with one attached hydrogen (secondary N) is 1. The summed E-state index contributed by atoms with van der Waals surface area (Å²) in [7, 11) is 3.96. The first kappa shape index (κ1) is 19.5. The lowest BCUT2D eigenvalue weighted by molar-refractivity contribution is -0.120. The molecule has 1 aromatic carbocycles. The lowest BCUT2D eigenvalue weighted by Gasteiger charge is -2.19. The molecule has 2 heterocycles. The number of amides is 1. The summed E-state index contributed by atoms with van der Waals surface area (Å²) in [5.41, 5.74) is 10.9. The third-order valence-corrected chi connectivity index (χ3v) is 4.65. The molecule has 0 saturated heterocycles. The van der Waals surface area contributed by atoms with E-state index in [1.807, 2.05) is 73.9 Å². The topological polar surface area (TPSA) is 84.1 Å². The molecule has 0 aliphatic carbocycles. The minimum Gasteiger partial charge on any atom is -0.378 e. The molecule has 144 valence electrons. The minimum atomic E-state index is -0.560. The molecule has 3 N–H and O–H groups in total. The average Bonchev–Trinajstić information content (AvgIpc) is 2.70. The molecule has 0 aliphatic heterocycles. The fourth-order valence-electron chi connectivity index (χ4n) is 3.07. The third kappa shape index (κ3) is 4.92. The van der Waals surface area contributed by atoms with Gasteiger partial charge in [0.1, 0.15) is 6.04 Å². The number of carbonyl (C=O) groups excluding carboxylic acids is 1. The highest BCUT2D eigenvalue weighted by Gasteiger charge is 2.18. The summed E-state index contributed by atoms with van der Waals surface area (Å²) in [6.45, 7) is 0.515. The van der Waals surface area contributed by atoms with Gasteiger partial charge in [0.15, 0.2) is 0 Å². The van der Waals surface area contributed by atoms with Gasteiger partial charge in [0.25, 0.3) is 0 Å². The smallest absolute Gasteiger partial charge is 0.239 e. The number of rotatable bonds is 8. The number of primary amides is 1. The van der Waals surface area contributed by atoms with E-state index in [1.165, 1.54) is 0 Å². The molecule has 0 fully saturated rings. The van der Waals surface area contributed by atoms with Crippen molar-refractivity contribution in [1.29, 1.82) is 0 Å². The summed E-state index contributed by atoms with van der Waals surface area (Å²) >= 11 is 0. The summed E-state index contributed by atoms with van der Waals surface area (Å²) < 4.78 is 0. The molecule has 0 bridgehead atoms. The molecule has 28 heavy (non-hydrogen) atoms. The maximum absolute atomic E-state index is 12.0. The molecular weight excluding hydrogens is 350 g/mol. The number of aromatic nitrogens is 2. The van der Waals surface area contributed by atoms with Gasteiger partial charge in [-0.15, -0.1) is 0 Å². The zero-order chi connectivity index (χ0) is 19.9. The second-order valence-corrected chi connectivity index (χ2v) is 6.88. The van der Waals surface area contributed by atoms with Crippen LogP contribution in [0.4, 0.5) is 5.69 Å². The number of hydrogen-bond donors (Lipinski definition) is 2. The van der Waals surface area contributed by atoms with Gasteiger partial charge in [-0.3, -0.25) is 20.1 Å². The first-order chi connectivity index (χ1) is 13.5. The highest BCUT2D eigenvalue weighted by Crippen LogP contribution is 2.19. The summed E-state index contributed by atoms with van der Waals surface area (Å²) in [5, 5.41) is 3.30. The second kappa shape index (κ2) is 9.10. The highest BCUT2D eigenvalue weighted by molar-refractivity contribution is 5.81. The Labute approximate surface area is 165 Å². The molecule has 1 atom stereocenters. The van der Waals surface area contributed by atoms with Gasteiger partial charge < -0.3 is 10.6 Å². The zero-order valence-corrected chi connectivity index (χ0v) is 16.2. The Kier molecular flexibility index (Phi) is 6.34. The molecule has 2 aromatic heterocycles. The van der Waals surface area contributed by atoms with E-state index in [-0.39, 0.29) is 0 Å². The van der Waals surface area contributed by atoms with Crippen molar-refractivity contribution in [1.82, 2.24) is 15.3 Å². The Bertz CT molecular complexity index is 910. The van der Waals surface area contributed by atoms with Crippen LogP contribution < -0.4 is 16.0 Å². The van der Waals surface area contributed by atoms with Crippen LogP contribution >= 0.6 is 0 Å². The Morgan fingerprint density at radius 3 is 2.43 bits per heavy atom. The summed E-state index contributed by atoms with van der Waals surface area (Å²) in [4.78, 5) is 22.5. The van der Waals surface area contributed by atoms with Gasteiger partial charge >= 0.3 is 0 Å². The first-order valence-electron chi connectivity index (χ1n) is 9.15. The van der Waals surface area contributed by atoms with Crippen LogP contribution in [0.2, 0.25) is 0 Å². The number of benzene rings is 1. The van der Waals surface area contributed by atoms with Gasteiger partial charge in [0, 0.05) is 57.5 Å². The van der Waals surface area contributed by atoms with Gasteiger partial charge in [-0.2, -0.15) is 0 Å². The third-order valence-electron chi connectivity index (χ3n) is 4.65. The van der Waals surface area contributed by atoms with Gasteiger partial charge in [0.2, 0.25) is 5.91 Å². The maximum atomic E-state index is 12.0. The van der Waals surface area contributed by atoms with Crippen LogP contribution in [0.1, 0.15) is 28.3 Å². The van der Waals surface area contributed by atoms with Crippen molar-refractivity contribution < 1.29 is 4.79 Å². The van der Waals surface area contributed by atoms with E-state index in [1.54, 1.807) is 12.4 Å². The molecule has 0 spiro atoms. The normalized spacial score (nSPS) is 11.8. The van der Waals surface area contributed by atoms with E-state index in [2.05, 4.69) is 15.3 Å². The predicted octanol–water partition coefficient (Wildman–Crippen LogP) is 2.45. The van der Waals surface area contributed by atoms with Crippen LogP contribution in [0.25, 0.3) is 0 Å². The number of hydrogen-bond acceptors (Lipinski definition) is 5. The van der Waals surface area contributed by atoms with E-state index in [9.17, 15) is 4.79 Å². The van der Waals surface area contributed by atoms with Crippen molar-refractivity contribution in [2.75, 3.05) is 19.0 Å². The standard InChI is InChI=1S/C22H25N5O/c1-27(2)20-7-5-17(6-8-20)21(22(23)28)26-15-18-9-11-25-14-19(18)12-16-4-3-10-24-13-16/h3-11,13-14,21,26H,12,15H2,1-2H3,(H2,23,28). The highest BCUT2D eigenvalue weighted by atomic mass is 16.1. The monoisotopic (exact) mass is 375 g/mol. The van der Waals surface area contributed by atoms with E-state index >= 15 is 0 Å². The van der Waals surface area contributed by atoms with E-state index in [0.717, 1.165) is 34.4 Å². The van der Waals surface area contributed by atoms with Crippen molar-refractivity contribution in [3.05, 3.63) is 89.5 Å². The number of pyridine rings is 2. The Balaban J connectivity index is 1.75. The lowest BCUT2D eigenvalue weighted by atomic mass is 10.0. The molecule has 6 heteroatoms. The zero-order valence-electron chi connectivity index (χ0n) is 16.2. The molecular formula is C22H25N5O. The molecule has 1 amide bonds. The van der Waals surface area contributed by atoms with Crippen LogP contribution in [0.15, 0.2) is 67.3 Å². The summed E-state index contributed by atoms with van der Waals surface area (Å²) in [5.74, 6) is -0.402. The molecule has 0 radical (unpaired) electrons. The number of carbonyl (C=O) groups is 1. The van der Waals surface area contributed by atoms with Crippen LogP contribution in [0.3, 0.4) is 0 Å². The van der Waals surface area contributed by atoms with Crippen molar-refractivity contribution >= 4 is 11.6 Å². The number of anilines is 1. The van der Waals surface area contributed by atoms with Crippen molar-refractivity contribution in [2.45, 2.75) is 19.0 Å². The van der Waals surface area contributed by atoms with Crippen LogP contribution in [-0.2, 0) is 17.8 Å². The summed E-state index contributed by atoms with van der Waals surface area (Å²) in [6, 6.07) is 13.2. The SMILES string of the molecule is CN(C)c1ccc(C(NCc2ccncc2Cc2cccnc2)C(N)=O)cc1. The fraction of sp³-hybridized carbons (Fsp3) is 0.227. The van der Waals surface area contributed by atoms with E-state index in [0.29, 0.717) is 6.54 Å². The molecule has 0 aliphatic rings. The fourth-order valence-corrected chi connectivity index (χ4v) is 3.07. The molecule has 6 nitrogen and oxygen atoms in total. The van der Waals surface area contributed by atoms with Gasteiger partial charge in [-0.25, -0.2) is 0 Å². The number of nitrogens with zero attached hydrogens (tertiary/aromatic N) is 3. The average molecular weight is 375 g/mol. The van der Waals surface area contributed by atoms with Gasteiger partial charge in [0.05, 0.1) is 0 Å². The summed E-state index contributed by atoms with van der Waals surface area (Å²) in [6.07, 6.45) is 7.96. The molecule has 3 aromatic rings. The van der Waals surface area contributed by atoms with E-state index < -0.39 is 11.9 Å². The predicted molar refractivity (Wildman–Crippen MR) is 111 cm³/mol. The Morgan fingerprint density at radius 2 is 1.79 bits per heavy atom. The minimum absolute atomic E-state index is 0.402. The van der Waals surface area contributed by atoms with Crippen LogP contribution in [0, 0.1) is 0 Å². The molecule has 0 saturated carbocycles. The van der Waals surface area contributed by atoms with Crippen LogP contribution in [-0.4, -0.2) is 30.0 Å². The molecule has 3 rings (SSSR count). The van der Waals surface area contributed by atoms with Crippen molar-refractivity contribution in [2.24, 2.45) is 5.73 Å². The Hall–Kier alpha value is -3.25. The quantitative estimate of drug-likeness (QED) is 0.632. The lowest BCUT2D eigenvalue weighted by Crippen LogP contribution is -2.33. The van der Waals surface area contributed by atoms with Gasteiger partial charge in [-0.05, 0) is 46.5 Å². The van der Waals surface area contributed by atoms with Gasteiger partial charge in [-0.1, -0.05) is 18.2 Å². The molecule has 1 unspecified atom stereocenters. The maximum Gasteiger partial charge on any atom is 0.239 e. The largest absolute Gasteiger partial charge is 0.378 e. The van der Waals surface area contributed by atoms with Crippen molar-refractivity contribution in [3.8, 4) is 0 Å². The Morgan fingerprint density at radius 1 is 1.04 bits per heavy atom. The van der Waals surface area contributed by atoms with Crippen LogP contribution in [0.5, 0.6) is 0 Å². The number of nitrogens with two attached hydrogens (primary N) is 1. The van der Waals surface area contributed by atoms with Crippen molar-refractivity contribution in [3.63, 3.8) is 0 Å². The second-order valence-electron chi connectivity index (χ2n) is 6.88. The first-order valence-corrected chi connectivity index (χ1v) is 9.15. The van der Waals surface area contributed by atoms with E-state index in [4.69, 9.17) is 5.73 Å².